The van der Waals surface area contributed by atoms with E-state index in [9.17, 15) is 4.79 Å². The zero-order valence-corrected chi connectivity index (χ0v) is 13.1. The van der Waals surface area contributed by atoms with Gasteiger partial charge in [0.05, 0.1) is 5.71 Å². The van der Waals surface area contributed by atoms with Gasteiger partial charge < -0.3 is 0 Å². The quantitative estimate of drug-likeness (QED) is 0.641. The first kappa shape index (κ1) is 15.7. The molecule has 0 atom stereocenters. The highest BCUT2D eigenvalue weighted by atomic mass is 16.2. The van der Waals surface area contributed by atoms with E-state index in [-0.39, 0.29) is 11.8 Å². The van der Waals surface area contributed by atoms with Gasteiger partial charge in [0.25, 0.3) is 0 Å². The van der Waals surface area contributed by atoms with Gasteiger partial charge in [-0.15, -0.1) is 0 Å². The summed E-state index contributed by atoms with van der Waals surface area (Å²) < 4.78 is 0. The molecule has 0 aromatic heterocycles. The molecule has 0 unspecified atom stereocenters. The summed E-state index contributed by atoms with van der Waals surface area (Å²) in [6.07, 6.45) is 6.47. The average molecular weight is 286 g/mol. The van der Waals surface area contributed by atoms with Crippen molar-refractivity contribution < 1.29 is 4.79 Å². The van der Waals surface area contributed by atoms with E-state index in [0.717, 1.165) is 30.5 Å². The lowest BCUT2D eigenvalue weighted by molar-refractivity contribution is -0.125. The van der Waals surface area contributed by atoms with E-state index in [4.69, 9.17) is 0 Å². The number of carbonyl (C=O) groups excluding carboxylic acids is 1. The fourth-order valence-corrected chi connectivity index (χ4v) is 2.82. The molecule has 3 nitrogen and oxygen atoms in total. The molecule has 0 spiro atoms. The van der Waals surface area contributed by atoms with Crippen molar-refractivity contribution >= 4 is 11.6 Å². The van der Waals surface area contributed by atoms with Gasteiger partial charge in [0, 0.05) is 5.92 Å². The first-order valence-corrected chi connectivity index (χ1v) is 8.08. The van der Waals surface area contributed by atoms with Crippen molar-refractivity contribution in [2.24, 2.45) is 16.9 Å². The number of nitrogens with zero attached hydrogens (tertiary/aromatic N) is 1. The highest BCUT2D eigenvalue weighted by Gasteiger charge is 2.20. The molecule has 1 aromatic carbocycles. The SMILES string of the molecule is CC(C)C/C(=N\NC(=O)C1CCCCC1)c1ccccc1. The highest BCUT2D eigenvalue weighted by Crippen LogP contribution is 2.23. The predicted octanol–water partition coefficient (Wildman–Crippen LogP) is 4.13. The van der Waals surface area contributed by atoms with Crippen molar-refractivity contribution in [2.45, 2.75) is 52.4 Å². The number of rotatable bonds is 5. The first-order chi connectivity index (χ1) is 10.2. The van der Waals surface area contributed by atoms with Crippen LogP contribution in [0.25, 0.3) is 0 Å². The smallest absolute Gasteiger partial charge is 0.243 e. The number of hydrogen-bond donors (Lipinski definition) is 1. The van der Waals surface area contributed by atoms with Crippen molar-refractivity contribution in [3.63, 3.8) is 0 Å². The van der Waals surface area contributed by atoms with Crippen LogP contribution in [0.1, 0.15) is 57.9 Å². The van der Waals surface area contributed by atoms with Gasteiger partial charge in [0.15, 0.2) is 0 Å². The number of hydrazone groups is 1. The normalized spacial score (nSPS) is 17.0. The lowest BCUT2D eigenvalue weighted by atomic mass is 9.89. The standard InChI is InChI=1S/C18H26N2O/c1-14(2)13-17(15-9-5-3-6-10-15)19-20-18(21)16-11-7-4-8-12-16/h3,5-6,9-10,14,16H,4,7-8,11-13H2,1-2H3,(H,20,21)/b19-17+. The fraction of sp³-hybridized carbons (Fsp3) is 0.556. The van der Waals surface area contributed by atoms with E-state index in [0.29, 0.717) is 5.92 Å². The molecule has 114 valence electrons. The molecular weight excluding hydrogens is 260 g/mol. The van der Waals surface area contributed by atoms with Gasteiger partial charge in [-0.3, -0.25) is 4.79 Å². The van der Waals surface area contributed by atoms with E-state index in [1.165, 1.54) is 19.3 Å². The van der Waals surface area contributed by atoms with Gasteiger partial charge in [0.1, 0.15) is 0 Å². The maximum atomic E-state index is 12.2. The molecule has 0 aliphatic heterocycles. The van der Waals surface area contributed by atoms with E-state index < -0.39 is 0 Å². The molecule has 0 heterocycles. The summed E-state index contributed by atoms with van der Waals surface area (Å²) >= 11 is 0. The van der Waals surface area contributed by atoms with E-state index in [2.05, 4.69) is 24.4 Å². The molecule has 1 amide bonds. The minimum Gasteiger partial charge on any atom is -0.273 e. The summed E-state index contributed by atoms with van der Waals surface area (Å²) in [4.78, 5) is 12.2. The van der Waals surface area contributed by atoms with E-state index >= 15 is 0 Å². The van der Waals surface area contributed by atoms with Crippen LogP contribution in [0.2, 0.25) is 0 Å². The first-order valence-electron chi connectivity index (χ1n) is 8.08. The molecule has 1 aromatic rings. The summed E-state index contributed by atoms with van der Waals surface area (Å²) in [5, 5.41) is 4.43. The van der Waals surface area contributed by atoms with Crippen LogP contribution in [-0.2, 0) is 4.79 Å². The fourth-order valence-electron chi connectivity index (χ4n) is 2.82. The van der Waals surface area contributed by atoms with Gasteiger partial charge in [-0.2, -0.15) is 5.10 Å². The third-order valence-electron chi connectivity index (χ3n) is 3.99. The third kappa shape index (κ3) is 5.00. The van der Waals surface area contributed by atoms with Crippen LogP contribution in [0, 0.1) is 11.8 Å². The molecule has 1 saturated carbocycles. The molecule has 3 heteroatoms. The summed E-state index contributed by atoms with van der Waals surface area (Å²) in [6.45, 7) is 4.34. The Hall–Kier alpha value is -1.64. The molecule has 1 N–H and O–H groups in total. The van der Waals surface area contributed by atoms with Crippen LogP contribution in [0.15, 0.2) is 35.4 Å². The van der Waals surface area contributed by atoms with Crippen molar-refractivity contribution in [3.8, 4) is 0 Å². The van der Waals surface area contributed by atoms with Gasteiger partial charge in [-0.25, -0.2) is 5.43 Å². The molecule has 1 aliphatic carbocycles. The predicted molar refractivity (Wildman–Crippen MR) is 87.2 cm³/mol. The molecule has 21 heavy (non-hydrogen) atoms. The number of carbonyl (C=O) groups is 1. The molecule has 0 radical (unpaired) electrons. The van der Waals surface area contributed by atoms with Gasteiger partial charge in [-0.1, -0.05) is 63.4 Å². The Morgan fingerprint density at radius 3 is 2.48 bits per heavy atom. The largest absolute Gasteiger partial charge is 0.273 e. The highest BCUT2D eigenvalue weighted by molar-refractivity contribution is 6.01. The molecule has 1 aliphatic rings. The Bertz CT molecular complexity index is 473. The summed E-state index contributed by atoms with van der Waals surface area (Å²) in [5.74, 6) is 0.751. The van der Waals surface area contributed by atoms with Crippen LogP contribution in [0.3, 0.4) is 0 Å². The summed E-state index contributed by atoms with van der Waals surface area (Å²) in [7, 11) is 0. The van der Waals surface area contributed by atoms with Crippen molar-refractivity contribution in [3.05, 3.63) is 35.9 Å². The lowest BCUT2D eigenvalue weighted by Gasteiger charge is -2.19. The van der Waals surface area contributed by atoms with Crippen LogP contribution in [0.4, 0.5) is 0 Å². The lowest BCUT2D eigenvalue weighted by Crippen LogP contribution is -2.29. The van der Waals surface area contributed by atoms with Crippen molar-refractivity contribution in [1.82, 2.24) is 5.43 Å². The number of benzene rings is 1. The van der Waals surface area contributed by atoms with Crippen LogP contribution in [0.5, 0.6) is 0 Å². The minimum atomic E-state index is 0.0897. The molecule has 1 fully saturated rings. The summed E-state index contributed by atoms with van der Waals surface area (Å²) in [6, 6.07) is 10.1. The Morgan fingerprint density at radius 1 is 1.19 bits per heavy atom. The second-order valence-corrected chi connectivity index (χ2v) is 6.33. The van der Waals surface area contributed by atoms with Crippen LogP contribution < -0.4 is 5.43 Å². The van der Waals surface area contributed by atoms with Crippen LogP contribution >= 0.6 is 0 Å². The van der Waals surface area contributed by atoms with E-state index in [1.54, 1.807) is 0 Å². The average Bonchev–Trinajstić information content (AvgIpc) is 2.52. The summed E-state index contributed by atoms with van der Waals surface area (Å²) in [5.41, 5.74) is 4.87. The minimum absolute atomic E-state index is 0.0897. The maximum Gasteiger partial charge on any atom is 0.243 e. The Morgan fingerprint density at radius 2 is 1.86 bits per heavy atom. The molecule has 0 bridgehead atoms. The Labute approximate surface area is 127 Å². The third-order valence-corrected chi connectivity index (χ3v) is 3.99. The van der Waals surface area contributed by atoms with Crippen LogP contribution in [-0.4, -0.2) is 11.6 Å². The Balaban J connectivity index is 2.04. The number of hydrogen-bond acceptors (Lipinski definition) is 2. The topological polar surface area (TPSA) is 41.5 Å². The second kappa shape index (κ2) is 7.96. The van der Waals surface area contributed by atoms with Crippen molar-refractivity contribution in [2.75, 3.05) is 0 Å². The zero-order valence-electron chi connectivity index (χ0n) is 13.1. The van der Waals surface area contributed by atoms with E-state index in [1.807, 2.05) is 30.3 Å². The maximum absolute atomic E-state index is 12.2. The second-order valence-electron chi connectivity index (χ2n) is 6.33. The van der Waals surface area contributed by atoms with Gasteiger partial charge in [-0.05, 0) is 30.7 Å². The zero-order chi connectivity index (χ0) is 15.1. The number of nitrogens with one attached hydrogen (secondary N) is 1. The Kier molecular flexibility index (Phi) is 5.97. The van der Waals surface area contributed by atoms with Gasteiger partial charge in [0.2, 0.25) is 5.91 Å². The molecular formula is C18H26N2O. The molecule has 0 saturated heterocycles. The molecule has 2 rings (SSSR count). The van der Waals surface area contributed by atoms with Crippen molar-refractivity contribution in [1.29, 1.82) is 0 Å². The number of amides is 1. The van der Waals surface area contributed by atoms with Gasteiger partial charge >= 0.3 is 0 Å². The monoisotopic (exact) mass is 286 g/mol.